The summed E-state index contributed by atoms with van der Waals surface area (Å²) in [5, 5.41) is 3.62. The minimum absolute atomic E-state index is 0.291. The Morgan fingerprint density at radius 1 is 1.26 bits per heavy atom. The largest absolute Gasteiger partial charge is 0.445 e. The lowest BCUT2D eigenvalue weighted by molar-refractivity contribution is 0.258. The number of hydrogen-bond donors (Lipinski definition) is 1. The van der Waals surface area contributed by atoms with Crippen molar-refractivity contribution < 1.29 is 13.9 Å². The van der Waals surface area contributed by atoms with Gasteiger partial charge in [-0.25, -0.2) is 14.2 Å². The number of carbonyl (C=O) groups is 1. The molecule has 0 spiro atoms. The average Bonchev–Trinajstić information content (AvgIpc) is 3.43. The molecule has 0 bridgehead atoms. The molecule has 1 heterocycles. The molecule has 4 rings (SSSR count). The summed E-state index contributed by atoms with van der Waals surface area (Å²) >= 11 is 1.17. The highest BCUT2D eigenvalue weighted by molar-refractivity contribution is 7.17. The summed E-state index contributed by atoms with van der Waals surface area (Å²) in [6, 6.07) is 13.6. The minimum atomic E-state index is -0.375. The molecule has 1 aromatic heterocycles. The predicted molar refractivity (Wildman–Crippen MR) is 104 cm³/mol. The van der Waals surface area contributed by atoms with Gasteiger partial charge in [0.2, 0.25) is 5.06 Å². The van der Waals surface area contributed by atoms with Crippen LogP contribution in [0, 0.1) is 5.82 Å². The zero-order chi connectivity index (χ0) is 18.8. The van der Waals surface area contributed by atoms with Crippen molar-refractivity contribution in [3.8, 4) is 10.8 Å². The van der Waals surface area contributed by atoms with Crippen LogP contribution in [0.25, 0.3) is 0 Å². The summed E-state index contributed by atoms with van der Waals surface area (Å²) in [5.41, 5.74) is 2.14. The van der Waals surface area contributed by atoms with Crippen LogP contribution in [0.15, 0.2) is 54.7 Å². The molecule has 1 fully saturated rings. The maximum absolute atomic E-state index is 13.2. The number of carbonyl (C=O) groups excluding carboxylic acids is 1. The SMILES string of the molecule is CN(C(=O)Nc1ncc(Oc2cccc(F)c2)s1)c1ccc(C2CC2)cc1. The Morgan fingerprint density at radius 3 is 2.74 bits per heavy atom. The van der Waals surface area contributed by atoms with Crippen LogP contribution in [0.3, 0.4) is 0 Å². The van der Waals surface area contributed by atoms with Crippen LogP contribution in [-0.2, 0) is 0 Å². The van der Waals surface area contributed by atoms with E-state index in [2.05, 4.69) is 22.4 Å². The molecular formula is C20H18FN3O2S. The Hall–Kier alpha value is -2.93. The van der Waals surface area contributed by atoms with Crippen LogP contribution in [0.5, 0.6) is 10.8 Å². The van der Waals surface area contributed by atoms with Crippen LogP contribution in [0.4, 0.5) is 20.0 Å². The quantitative estimate of drug-likeness (QED) is 0.622. The second-order valence-corrected chi connectivity index (χ2v) is 7.39. The van der Waals surface area contributed by atoms with Gasteiger partial charge in [-0.05, 0) is 48.6 Å². The van der Waals surface area contributed by atoms with E-state index < -0.39 is 0 Å². The molecule has 2 amide bonds. The molecule has 7 heteroatoms. The van der Waals surface area contributed by atoms with Crippen LogP contribution < -0.4 is 15.0 Å². The second-order valence-electron chi connectivity index (χ2n) is 6.40. The van der Waals surface area contributed by atoms with Crippen molar-refractivity contribution in [2.45, 2.75) is 18.8 Å². The molecule has 3 aromatic rings. The van der Waals surface area contributed by atoms with E-state index in [1.54, 1.807) is 19.2 Å². The first-order valence-corrected chi connectivity index (χ1v) is 9.44. The van der Waals surface area contributed by atoms with Gasteiger partial charge in [-0.15, -0.1) is 0 Å². The van der Waals surface area contributed by atoms with E-state index in [0.29, 0.717) is 21.9 Å². The van der Waals surface area contributed by atoms with E-state index in [1.165, 1.54) is 53.0 Å². The third-order valence-electron chi connectivity index (χ3n) is 4.35. The van der Waals surface area contributed by atoms with Gasteiger partial charge in [-0.2, -0.15) is 0 Å². The molecule has 0 saturated heterocycles. The van der Waals surface area contributed by atoms with Crippen molar-refractivity contribution in [1.82, 2.24) is 4.98 Å². The standard InChI is InChI=1S/C20H18FN3O2S/c1-24(16-9-7-14(8-10-16)13-5-6-13)20(25)23-19-22-12-18(27-19)26-17-4-2-3-15(21)11-17/h2-4,7-13H,5-6H2,1H3,(H,22,23,25). The summed E-state index contributed by atoms with van der Waals surface area (Å²) in [6.07, 6.45) is 4.00. The van der Waals surface area contributed by atoms with Gasteiger partial charge in [-0.3, -0.25) is 10.2 Å². The zero-order valence-electron chi connectivity index (χ0n) is 14.7. The number of thiazole rings is 1. The maximum atomic E-state index is 13.2. The topological polar surface area (TPSA) is 54.5 Å². The van der Waals surface area contributed by atoms with Crippen LogP contribution in [0.1, 0.15) is 24.3 Å². The van der Waals surface area contributed by atoms with E-state index in [-0.39, 0.29) is 11.8 Å². The van der Waals surface area contributed by atoms with Crippen molar-refractivity contribution in [2.75, 3.05) is 17.3 Å². The first kappa shape index (κ1) is 17.5. The number of benzene rings is 2. The van der Waals surface area contributed by atoms with Gasteiger partial charge < -0.3 is 4.74 Å². The maximum Gasteiger partial charge on any atom is 0.327 e. The molecule has 5 nitrogen and oxygen atoms in total. The molecule has 2 aromatic carbocycles. The molecular weight excluding hydrogens is 365 g/mol. The lowest BCUT2D eigenvalue weighted by Crippen LogP contribution is -2.31. The number of anilines is 2. The van der Waals surface area contributed by atoms with Crippen molar-refractivity contribution in [1.29, 1.82) is 0 Å². The fourth-order valence-corrected chi connectivity index (χ4v) is 3.37. The van der Waals surface area contributed by atoms with Gasteiger partial charge >= 0.3 is 6.03 Å². The summed E-state index contributed by atoms with van der Waals surface area (Å²) in [6.45, 7) is 0. The Balaban J connectivity index is 1.38. The highest BCUT2D eigenvalue weighted by Crippen LogP contribution is 2.40. The molecule has 1 aliphatic rings. The molecule has 0 aliphatic heterocycles. The number of nitrogens with one attached hydrogen (secondary N) is 1. The molecule has 1 aliphatic carbocycles. The van der Waals surface area contributed by atoms with Crippen molar-refractivity contribution in [2.24, 2.45) is 0 Å². The zero-order valence-corrected chi connectivity index (χ0v) is 15.5. The van der Waals surface area contributed by atoms with Crippen LogP contribution in [-0.4, -0.2) is 18.1 Å². The monoisotopic (exact) mass is 383 g/mol. The smallest absolute Gasteiger partial charge is 0.327 e. The lowest BCUT2D eigenvalue weighted by Gasteiger charge is -2.17. The van der Waals surface area contributed by atoms with E-state index in [4.69, 9.17) is 4.74 Å². The van der Waals surface area contributed by atoms with Crippen LogP contribution in [0.2, 0.25) is 0 Å². The highest BCUT2D eigenvalue weighted by atomic mass is 32.1. The third-order valence-corrected chi connectivity index (χ3v) is 5.14. The Kier molecular flexibility index (Phi) is 4.77. The summed E-state index contributed by atoms with van der Waals surface area (Å²) in [4.78, 5) is 18.1. The number of nitrogens with zero attached hydrogens (tertiary/aromatic N) is 2. The van der Waals surface area contributed by atoms with Crippen molar-refractivity contribution in [3.63, 3.8) is 0 Å². The van der Waals surface area contributed by atoms with Gasteiger partial charge in [0.25, 0.3) is 0 Å². The fourth-order valence-electron chi connectivity index (χ4n) is 2.69. The molecule has 0 atom stereocenters. The molecule has 138 valence electrons. The lowest BCUT2D eigenvalue weighted by atomic mass is 10.1. The number of aromatic nitrogens is 1. The van der Waals surface area contributed by atoms with E-state index >= 15 is 0 Å². The van der Waals surface area contributed by atoms with Gasteiger partial charge in [-0.1, -0.05) is 29.5 Å². The number of rotatable bonds is 5. The van der Waals surface area contributed by atoms with Gasteiger partial charge in [0.15, 0.2) is 5.13 Å². The fraction of sp³-hybridized carbons (Fsp3) is 0.200. The molecule has 1 saturated carbocycles. The first-order chi connectivity index (χ1) is 13.1. The van der Waals surface area contributed by atoms with E-state index in [9.17, 15) is 9.18 Å². The van der Waals surface area contributed by atoms with Crippen LogP contribution >= 0.6 is 11.3 Å². The Labute approximate surface area is 160 Å². The van der Waals surface area contributed by atoms with Crippen molar-refractivity contribution >= 4 is 28.2 Å². The Bertz CT molecular complexity index is 954. The number of amides is 2. The average molecular weight is 383 g/mol. The predicted octanol–water partition coefficient (Wildman–Crippen LogP) is 5.62. The van der Waals surface area contributed by atoms with Crippen molar-refractivity contribution in [3.05, 3.63) is 66.1 Å². The number of urea groups is 1. The summed E-state index contributed by atoms with van der Waals surface area (Å²) in [7, 11) is 1.71. The van der Waals surface area contributed by atoms with Gasteiger partial charge in [0, 0.05) is 18.8 Å². The first-order valence-electron chi connectivity index (χ1n) is 8.62. The Morgan fingerprint density at radius 2 is 2.04 bits per heavy atom. The molecule has 0 unspecified atom stereocenters. The number of ether oxygens (including phenoxy) is 1. The third kappa shape index (κ3) is 4.25. The molecule has 1 N–H and O–H groups in total. The normalized spacial score (nSPS) is 13.3. The number of hydrogen-bond acceptors (Lipinski definition) is 4. The number of halogens is 1. The van der Waals surface area contributed by atoms with Gasteiger partial charge in [0.05, 0.1) is 6.20 Å². The second kappa shape index (κ2) is 7.36. The minimum Gasteiger partial charge on any atom is -0.445 e. The highest BCUT2D eigenvalue weighted by Gasteiger charge is 2.23. The molecule has 0 radical (unpaired) electrons. The molecule has 27 heavy (non-hydrogen) atoms. The van der Waals surface area contributed by atoms with E-state index in [0.717, 1.165) is 5.69 Å². The summed E-state index contributed by atoms with van der Waals surface area (Å²) in [5.74, 6) is 0.689. The van der Waals surface area contributed by atoms with Gasteiger partial charge in [0.1, 0.15) is 11.6 Å². The summed E-state index contributed by atoms with van der Waals surface area (Å²) < 4.78 is 18.8. The van der Waals surface area contributed by atoms with E-state index in [1.807, 2.05) is 12.1 Å².